The van der Waals surface area contributed by atoms with Gasteiger partial charge in [-0.05, 0) is 36.8 Å². The number of carbonyl (C=O) groups is 2. The van der Waals surface area contributed by atoms with Gasteiger partial charge in [-0.2, -0.15) is 0 Å². The number of amides is 1. The third-order valence-corrected chi connectivity index (χ3v) is 4.44. The van der Waals surface area contributed by atoms with E-state index in [0.717, 1.165) is 19.3 Å². The van der Waals surface area contributed by atoms with Crippen molar-refractivity contribution in [3.05, 3.63) is 35.4 Å². The molecule has 2 aliphatic rings. The Morgan fingerprint density at radius 2 is 1.74 bits per heavy atom. The fraction of sp³-hybridized carbons (Fsp3) is 0.467. The Labute approximate surface area is 111 Å². The molecule has 0 heterocycles. The van der Waals surface area contributed by atoms with E-state index in [9.17, 15) is 14.7 Å². The van der Waals surface area contributed by atoms with Crippen molar-refractivity contribution in [3.63, 3.8) is 0 Å². The molecule has 100 valence electrons. The van der Waals surface area contributed by atoms with Gasteiger partial charge in [-0.1, -0.05) is 30.7 Å². The molecule has 2 N–H and O–H groups in total. The highest BCUT2D eigenvalue weighted by molar-refractivity contribution is 6.03. The molecule has 0 aromatic heterocycles. The predicted octanol–water partition coefficient (Wildman–Crippen LogP) is 1.52. The van der Waals surface area contributed by atoms with Crippen LogP contribution >= 0.6 is 0 Å². The number of carboxylic acids is 1. The number of hydrogen-bond acceptors (Lipinski definition) is 2. The lowest BCUT2D eigenvalue weighted by molar-refractivity contribution is -0.162. The Kier molecular flexibility index (Phi) is 2.81. The summed E-state index contributed by atoms with van der Waals surface area (Å²) in [7, 11) is 0. The lowest BCUT2D eigenvalue weighted by atomic mass is 9.68. The van der Waals surface area contributed by atoms with Crippen LogP contribution in [0.25, 0.3) is 0 Å². The Hall–Kier alpha value is -1.84. The van der Waals surface area contributed by atoms with Crippen LogP contribution in [0.1, 0.15) is 30.4 Å². The van der Waals surface area contributed by atoms with Gasteiger partial charge in [0.15, 0.2) is 0 Å². The highest BCUT2D eigenvalue weighted by atomic mass is 16.4. The van der Waals surface area contributed by atoms with Crippen LogP contribution < -0.4 is 5.32 Å². The second-order valence-electron chi connectivity index (χ2n) is 5.59. The molecule has 0 bridgehead atoms. The average Bonchev–Trinajstić information content (AvgIpc) is 2.68. The predicted molar refractivity (Wildman–Crippen MR) is 69.7 cm³/mol. The fourth-order valence-electron chi connectivity index (χ4n) is 3.05. The molecule has 1 amide bonds. The molecule has 1 fully saturated rings. The third kappa shape index (κ3) is 1.91. The summed E-state index contributed by atoms with van der Waals surface area (Å²) < 4.78 is 0. The van der Waals surface area contributed by atoms with Crippen molar-refractivity contribution in [1.82, 2.24) is 5.32 Å². The Morgan fingerprint density at radius 3 is 2.16 bits per heavy atom. The van der Waals surface area contributed by atoms with Crippen LogP contribution in [0.3, 0.4) is 0 Å². The summed E-state index contributed by atoms with van der Waals surface area (Å²) in [4.78, 5) is 23.5. The van der Waals surface area contributed by atoms with Crippen LogP contribution in [-0.4, -0.2) is 23.0 Å². The topological polar surface area (TPSA) is 66.4 Å². The molecule has 0 aliphatic heterocycles. The van der Waals surface area contributed by atoms with Gasteiger partial charge in [0.1, 0.15) is 5.41 Å². The summed E-state index contributed by atoms with van der Waals surface area (Å²) in [6, 6.07) is 8.17. The van der Waals surface area contributed by atoms with Crippen LogP contribution in [0.15, 0.2) is 24.3 Å². The normalized spacial score (nSPS) is 20.4. The first-order chi connectivity index (χ1) is 9.12. The van der Waals surface area contributed by atoms with E-state index in [2.05, 4.69) is 17.4 Å². The molecule has 2 aliphatic carbocycles. The van der Waals surface area contributed by atoms with E-state index in [1.165, 1.54) is 11.1 Å². The fourth-order valence-corrected chi connectivity index (χ4v) is 3.05. The molecule has 3 rings (SSSR count). The number of rotatable bonds is 3. The van der Waals surface area contributed by atoms with Crippen molar-refractivity contribution in [3.8, 4) is 0 Å². The second-order valence-corrected chi connectivity index (χ2v) is 5.59. The highest BCUT2D eigenvalue weighted by Crippen LogP contribution is 2.41. The zero-order valence-corrected chi connectivity index (χ0v) is 10.7. The van der Waals surface area contributed by atoms with Crippen LogP contribution in [0.5, 0.6) is 0 Å². The van der Waals surface area contributed by atoms with Gasteiger partial charge in [0.05, 0.1) is 0 Å². The number of hydrogen-bond donors (Lipinski definition) is 2. The number of carbonyl (C=O) groups excluding carboxylic acids is 1. The number of nitrogens with one attached hydrogen (secondary N) is 1. The van der Waals surface area contributed by atoms with Crippen molar-refractivity contribution >= 4 is 11.9 Å². The standard InChI is InChI=1S/C15H17NO3/c17-13(15(14(18)19)6-3-7-15)16-12-8-10-4-1-2-5-11(10)9-12/h1-2,4-5,12H,3,6-9H2,(H,16,17)(H,18,19). The molecule has 0 saturated heterocycles. The van der Waals surface area contributed by atoms with Gasteiger partial charge in [-0.25, -0.2) is 0 Å². The number of benzene rings is 1. The first-order valence-electron chi connectivity index (χ1n) is 6.73. The Balaban J connectivity index is 1.68. The van der Waals surface area contributed by atoms with Gasteiger partial charge in [-0.3, -0.25) is 9.59 Å². The van der Waals surface area contributed by atoms with Gasteiger partial charge in [0.25, 0.3) is 0 Å². The minimum Gasteiger partial charge on any atom is -0.480 e. The summed E-state index contributed by atoms with van der Waals surface area (Å²) in [5.74, 6) is -1.28. The summed E-state index contributed by atoms with van der Waals surface area (Å²) >= 11 is 0. The summed E-state index contributed by atoms with van der Waals surface area (Å²) in [5.41, 5.74) is 1.35. The van der Waals surface area contributed by atoms with Crippen LogP contribution in [0.4, 0.5) is 0 Å². The van der Waals surface area contributed by atoms with E-state index >= 15 is 0 Å². The SMILES string of the molecule is O=C(O)C1(C(=O)NC2Cc3ccccc3C2)CCC1. The highest BCUT2D eigenvalue weighted by Gasteiger charge is 2.51. The van der Waals surface area contributed by atoms with E-state index < -0.39 is 11.4 Å². The van der Waals surface area contributed by atoms with Gasteiger partial charge in [0, 0.05) is 6.04 Å². The molecule has 4 heteroatoms. The van der Waals surface area contributed by atoms with Crippen LogP contribution in [0.2, 0.25) is 0 Å². The molecule has 0 spiro atoms. The molecule has 1 aromatic rings. The summed E-state index contributed by atoms with van der Waals surface area (Å²) in [6.45, 7) is 0. The summed E-state index contributed by atoms with van der Waals surface area (Å²) in [5, 5.41) is 12.2. The van der Waals surface area contributed by atoms with E-state index in [1.807, 2.05) is 12.1 Å². The first kappa shape index (κ1) is 12.2. The van der Waals surface area contributed by atoms with Crippen molar-refractivity contribution in [2.45, 2.75) is 38.1 Å². The average molecular weight is 259 g/mol. The van der Waals surface area contributed by atoms with E-state index in [4.69, 9.17) is 0 Å². The molecular weight excluding hydrogens is 242 g/mol. The van der Waals surface area contributed by atoms with Gasteiger partial charge in [0.2, 0.25) is 5.91 Å². The molecule has 1 aromatic carbocycles. The monoisotopic (exact) mass is 259 g/mol. The molecule has 0 radical (unpaired) electrons. The number of fused-ring (bicyclic) bond motifs is 1. The molecular formula is C15H17NO3. The summed E-state index contributed by atoms with van der Waals surface area (Å²) in [6.07, 6.45) is 3.36. The Bertz CT molecular complexity index is 509. The zero-order chi connectivity index (χ0) is 13.5. The van der Waals surface area contributed by atoms with E-state index in [1.54, 1.807) is 0 Å². The minimum absolute atomic E-state index is 0.0433. The molecule has 19 heavy (non-hydrogen) atoms. The van der Waals surface area contributed by atoms with Crippen molar-refractivity contribution in [2.75, 3.05) is 0 Å². The van der Waals surface area contributed by atoms with Gasteiger partial charge < -0.3 is 10.4 Å². The second kappa shape index (κ2) is 4.37. The smallest absolute Gasteiger partial charge is 0.319 e. The van der Waals surface area contributed by atoms with E-state index in [0.29, 0.717) is 12.8 Å². The maximum atomic E-state index is 12.2. The number of aliphatic carboxylic acids is 1. The lowest BCUT2D eigenvalue weighted by Gasteiger charge is -2.36. The minimum atomic E-state index is -1.16. The first-order valence-corrected chi connectivity index (χ1v) is 6.73. The maximum absolute atomic E-state index is 12.2. The van der Waals surface area contributed by atoms with Crippen molar-refractivity contribution in [2.24, 2.45) is 5.41 Å². The third-order valence-electron chi connectivity index (χ3n) is 4.44. The van der Waals surface area contributed by atoms with Crippen LogP contribution in [-0.2, 0) is 22.4 Å². The molecule has 1 saturated carbocycles. The maximum Gasteiger partial charge on any atom is 0.319 e. The Morgan fingerprint density at radius 1 is 1.16 bits per heavy atom. The lowest BCUT2D eigenvalue weighted by Crippen LogP contribution is -2.53. The van der Waals surface area contributed by atoms with Gasteiger partial charge in [-0.15, -0.1) is 0 Å². The number of carboxylic acid groups (broad SMARTS) is 1. The molecule has 0 unspecified atom stereocenters. The van der Waals surface area contributed by atoms with E-state index in [-0.39, 0.29) is 11.9 Å². The zero-order valence-electron chi connectivity index (χ0n) is 10.7. The quantitative estimate of drug-likeness (QED) is 0.809. The van der Waals surface area contributed by atoms with Crippen molar-refractivity contribution in [1.29, 1.82) is 0 Å². The van der Waals surface area contributed by atoms with Crippen molar-refractivity contribution < 1.29 is 14.7 Å². The molecule has 0 atom stereocenters. The van der Waals surface area contributed by atoms with Crippen LogP contribution in [0, 0.1) is 5.41 Å². The van der Waals surface area contributed by atoms with Gasteiger partial charge >= 0.3 is 5.97 Å². The largest absolute Gasteiger partial charge is 0.480 e. The molecule has 4 nitrogen and oxygen atoms in total.